The third-order valence-electron chi connectivity index (χ3n) is 2.75. The van der Waals surface area contributed by atoms with Crippen molar-refractivity contribution < 1.29 is 9.13 Å². The Morgan fingerprint density at radius 3 is 3.00 bits per heavy atom. The van der Waals surface area contributed by atoms with Crippen molar-refractivity contribution in [2.45, 2.75) is 32.9 Å². The molecule has 0 saturated carbocycles. The van der Waals surface area contributed by atoms with E-state index in [1.54, 1.807) is 0 Å². The summed E-state index contributed by atoms with van der Waals surface area (Å²) in [6.07, 6.45) is 2.62. The quantitative estimate of drug-likeness (QED) is 0.559. The Kier molecular flexibility index (Phi) is 2.14. The molecule has 1 aliphatic carbocycles. The number of halogens is 1. The fraction of sp³-hybridized carbons (Fsp3) is 0.636. The second-order valence-corrected chi connectivity index (χ2v) is 4.15. The number of hydrogen-bond acceptors (Lipinski definition) is 1. The van der Waals surface area contributed by atoms with E-state index in [9.17, 15) is 4.39 Å². The maximum Gasteiger partial charge on any atom is 0.125 e. The van der Waals surface area contributed by atoms with Crippen molar-refractivity contribution in [1.29, 1.82) is 0 Å². The van der Waals surface area contributed by atoms with Crippen LogP contribution in [0, 0.1) is 5.92 Å². The van der Waals surface area contributed by atoms with Crippen LogP contribution in [0.5, 0.6) is 0 Å². The Hall–Kier alpha value is -0.790. The first-order valence-corrected chi connectivity index (χ1v) is 4.84. The second kappa shape index (κ2) is 3.17. The van der Waals surface area contributed by atoms with Gasteiger partial charge in [0.05, 0.1) is 6.61 Å². The van der Waals surface area contributed by atoms with Gasteiger partial charge in [0.25, 0.3) is 0 Å². The number of allylic oxidation sites excluding steroid dienone is 3. The molecule has 0 spiro atoms. The molecule has 0 fully saturated rings. The zero-order valence-electron chi connectivity index (χ0n) is 8.14. The summed E-state index contributed by atoms with van der Waals surface area (Å²) in [6, 6.07) is 0. The van der Waals surface area contributed by atoms with Gasteiger partial charge in [-0.05, 0) is 36.5 Å². The van der Waals surface area contributed by atoms with Crippen molar-refractivity contribution in [2.75, 3.05) is 6.61 Å². The maximum absolute atomic E-state index is 13.3. The molecule has 0 amide bonds. The monoisotopic (exact) mass is 182 g/mol. The summed E-state index contributed by atoms with van der Waals surface area (Å²) in [5.41, 5.74) is 1.96. The highest BCUT2D eigenvalue weighted by molar-refractivity contribution is 5.32. The van der Waals surface area contributed by atoms with Crippen LogP contribution in [0.25, 0.3) is 0 Å². The minimum absolute atomic E-state index is 0.540. The average Bonchev–Trinajstić information content (AvgIpc) is 2.08. The third kappa shape index (κ3) is 1.62. The van der Waals surface area contributed by atoms with Crippen LogP contribution in [0.2, 0.25) is 0 Å². The lowest BCUT2D eigenvalue weighted by Crippen LogP contribution is -2.20. The van der Waals surface area contributed by atoms with Crippen LogP contribution >= 0.6 is 0 Å². The molecule has 1 nitrogen and oxygen atoms in total. The Bertz CT molecular complexity index is 278. The van der Waals surface area contributed by atoms with Crippen LogP contribution in [-0.4, -0.2) is 12.8 Å². The molecular formula is C11H15FO. The smallest absolute Gasteiger partial charge is 0.125 e. The highest BCUT2D eigenvalue weighted by Crippen LogP contribution is 2.34. The van der Waals surface area contributed by atoms with Gasteiger partial charge in [-0.25, -0.2) is 4.39 Å². The van der Waals surface area contributed by atoms with Gasteiger partial charge in [-0.15, -0.1) is 0 Å². The van der Waals surface area contributed by atoms with E-state index in [4.69, 9.17) is 4.74 Å². The molecule has 1 aliphatic heterocycles. The van der Waals surface area contributed by atoms with Crippen LogP contribution in [0.3, 0.4) is 0 Å². The van der Waals surface area contributed by atoms with Crippen LogP contribution in [0.1, 0.15) is 26.7 Å². The topological polar surface area (TPSA) is 9.23 Å². The van der Waals surface area contributed by atoms with Crippen molar-refractivity contribution in [2.24, 2.45) is 5.92 Å². The van der Waals surface area contributed by atoms with Gasteiger partial charge in [-0.2, -0.15) is 0 Å². The zero-order chi connectivity index (χ0) is 9.42. The molecule has 0 aromatic heterocycles. The van der Waals surface area contributed by atoms with Crippen LogP contribution < -0.4 is 0 Å². The van der Waals surface area contributed by atoms with E-state index in [0.29, 0.717) is 12.3 Å². The van der Waals surface area contributed by atoms with Crippen molar-refractivity contribution in [1.82, 2.24) is 0 Å². The van der Waals surface area contributed by atoms with E-state index in [2.05, 4.69) is 6.92 Å². The molecule has 72 valence electrons. The van der Waals surface area contributed by atoms with E-state index >= 15 is 0 Å². The number of alkyl halides is 1. The molecule has 0 saturated heterocycles. The SMILES string of the molecule is CC1=CC2=C(CC(C)CO2)CC1F. The van der Waals surface area contributed by atoms with Crippen LogP contribution in [0.4, 0.5) is 4.39 Å². The number of hydrogen-bond donors (Lipinski definition) is 0. The summed E-state index contributed by atoms with van der Waals surface area (Å²) in [5, 5.41) is 0. The summed E-state index contributed by atoms with van der Waals surface area (Å²) < 4.78 is 18.9. The molecule has 2 atom stereocenters. The molecule has 2 rings (SSSR count). The lowest BCUT2D eigenvalue weighted by molar-refractivity contribution is 0.149. The lowest BCUT2D eigenvalue weighted by atomic mass is 9.88. The number of rotatable bonds is 0. The van der Waals surface area contributed by atoms with Gasteiger partial charge in [-0.1, -0.05) is 6.92 Å². The minimum Gasteiger partial charge on any atom is -0.493 e. The Balaban J connectivity index is 2.24. The maximum atomic E-state index is 13.3. The molecule has 0 aromatic rings. The predicted molar refractivity (Wildman–Crippen MR) is 50.0 cm³/mol. The molecule has 2 heteroatoms. The van der Waals surface area contributed by atoms with Gasteiger partial charge in [-0.3, -0.25) is 0 Å². The average molecular weight is 182 g/mol. The molecule has 2 unspecified atom stereocenters. The fourth-order valence-corrected chi connectivity index (χ4v) is 1.92. The molecule has 2 aliphatic rings. The molecule has 0 bridgehead atoms. The Labute approximate surface area is 78.3 Å². The molecule has 0 radical (unpaired) electrons. The summed E-state index contributed by atoms with van der Waals surface area (Å²) >= 11 is 0. The van der Waals surface area contributed by atoms with Crippen molar-refractivity contribution >= 4 is 0 Å². The van der Waals surface area contributed by atoms with Gasteiger partial charge in [0.15, 0.2) is 0 Å². The minimum atomic E-state index is -0.785. The Morgan fingerprint density at radius 1 is 1.46 bits per heavy atom. The molecule has 0 aromatic carbocycles. The standard InChI is InChI=1S/C11H15FO/c1-7-3-9-5-10(12)8(2)4-11(9)13-6-7/h4,7,10H,3,5-6H2,1-2H3. The zero-order valence-corrected chi connectivity index (χ0v) is 8.14. The van der Waals surface area contributed by atoms with Gasteiger partial charge in [0.1, 0.15) is 11.9 Å². The normalized spacial score (nSPS) is 33.6. The highest BCUT2D eigenvalue weighted by atomic mass is 19.1. The van der Waals surface area contributed by atoms with E-state index in [1.165, 1.54) is 0 Å². The summed E-state index contributed by atoms with van der Waals surface area (Å²) in [4.78, 5) is 0. The number of ether oxygens (including phenoxy) is 1. The summed E-state index contributed by atoms with van der Waals surface area (Å²) in [6.45, 7) is 4.75. The molecule has 13 heavy (non-hydrogen) atoms. The molecular weight excluding hydrogens is 167 g/mol. The molecule has 1 heterocycles. The molecule has 0 N–H and O–H groups in total. The Morgan fingerprint density at radius 2 is 2.23 bits per heavy atom. The largest absolute Gasteiger partial charge is 0.493 e. The van der Waals surface area contributed by atoms with Crippen LogP contribution in [0.15, 0.2) is 23.0 Å². The third-order valence-corrected chi connectivity index (χ3v) is 2.75. The second-order valence-electron chi connectivity index (χ2n) is 4.15. The van der Waals surface area contributed by atoms with Gasteiger partial charge in [0, 0.05) is 6.42 Å². The lowest BCUT2D eigenvalue weighted by Gasteiger charge is -2.28. The first-order chi connectivity index (χ1) is 6.16. The van der Waals surface area contributed by atoms with E-state index in [-0.39, 0.29) is 0 Å². The van der Waals surface area contributed by atoms with Gasteiger partial charge in [0.2, 0.25) is 0 Å². The van der Waals surface area contributed by atoms with Crippen molar-refractivity contribution in [3.05, 3.63) is 23.0 Å². The van der Waals surface area contributed by atoms with Crippen molar-refractivity contribution in [3.8, 4) is 0 Å². The van der Waals surface area contributed by atoms with E-state index in [1.807, 2.05) is 13.0 Å². The summed E-state index contributed by atoms with van der Waals surface area (Å²) in [7, 11) is 0. The van der Waals surface area contributed by atoms with Crippen molar-refractivity contribution in [3.63, 3.8) is 0 Å². The predicted octanol–water partition coefficient (Wildman–Crippen LogP) is 2.99. The first kappa shape index (κ1) is 8.79. The van der Waals surface area contributed by atoms with Gasteiger partial charge < -0.3 is 4.74 Å². The van der Waals surface area contributed by atoms with E-state index < -0.39 is 6.17 Å². The first-order valence-electron chi connectivity index (χ1n) is 4.84. The summed E-state index contributed by atoms with van der Waals surface area (Å²) in [5.74, 6) is 1.47. The highest BCUT2D eigenvalue weighted by Gasteiger charge is 2.25. The fourth-order valence-electron chi connectivity index (χ4n) is 1.92. The van der Waals surface area contributed by atoms with Gasteiger partial charge >= 0.3 is 0 Å². The van der Waals surface area contributed by atoms with E-state index in [0.717, 1.165) is 29.9 Å². The van der Waals surface area contributed by atoms with Crippen LogP contribution in [-0.2, 0) is 4.74 Å².